The Hall–Kier alpha value is -2.07. The number of phenols is 1. The zero-order chi connectivity index (χ0) is 13.1. The average molecular weight is 266 g/mol. The maximum atomic E-state index is 12.9. The Morgan fingerprint density at radius 1 is 1.22 bits per heavy atom. The number of nitrogens with one attached hydrogen (secondary N) is 1. The summed E-state index contributed by atoms with van der Waals surface area (Å²) in [4.78, 5) is 11.8. The van der Waals surface area contributed by atoms with Crippen LogP contribution in [0.15, 0.2) is 42.5 Å². The normalized spacial score (nSPS) is 10.1. The number of hydrogen-bond acceptors (Lipinski definition) is 2. The first-order valence-corrected chi connectivity index (χ1v) is 5.50. The Morgan fingerprint density at radius 2 is 1.94 bits per heavy atom. The van der Waals surface area contributed by atoms with Gasteiger partial charge < -0.3 is 10.4 Å². The molecule has 2 rings (SSSR count). The number of rotatable bonds is 2. The molecular formula is C13H9ClFNO2. The summed E-state index contributed by atoms with van der Waals surface area (Å²) in [5, 5.41) is 11.9. The monoisotopic (exact) mass is 265 g/mol. The van der Waals surface area contributed by atoms with E-state index < -0.39 is 11.7 Å². The van der Waals surface area contributed by atoms with Crippen LogP contribution in [0.1, 0.15) is 10.4 Å². The molecule has 1 amide bonds. The van der Waals surface area contributed by atoms with Gasteiger partial charge in [0.15, 0.2) is 0 Å². The number of anilines is 1. The van der Waals surface area contributed by atoms with Crippen LogP contribution in [0.25, 0.3) is 0 Å². The Kier molecular flexibility index (Phi) is 3.48. The van der Waals surface area contributed by atoms with E-state index in [0.29, 0.717) is 5.69 Å². The van der Waals surface area contributed by atoms with Gasteiger partial charge in [-0.3, -0.25) is 4.79 Å². The summed E-state index contributed by atoms with van der Waals surface area (Å²) in [6, 6.07) is 9.98. The van der Waals surface area contributed by atoms with E-state index in [4.69, 9.17) is 11.6 Å². The summed E-state index contributed by atoms with van der Waals surface area (Å²) < 4.78 is 12.9. The first kappa shape index (κ1) is 12.4. The summed E-state index contributed by atoms with van der Waals surface area (Å²) in [5.74, 6) is -1.17. The Morgan fingerprint density at radius 3 is 2.61 bits per heavy atom. The minimum Gasteiger partial charge on any atom is -0.507 e. The summed E-state index contributed by atoms with van der Waals surface area (Å²) in [6.45, 7) is 0. The lowest BCUT2D eigenvalue weighted by Crippen LogP contribution is -2.12. The highest BCUT2D eigenvalue weighted by molar-refractivity contribution is 6.31. The van der Waals surface area contributed by atoms with Crippen LogP contribution in [-0.2, 0) is 0 Å². The van der Waals surface area contributed by atoms with Crippen molar-refractivity contribution < 1.29 is 14.3 Å². The topological polar surface area (TPSA) is 49.3 Å². The van der Waals surface area contributed by atoms with Crippen LogP contribution in [0.2, 0.25) is 5.02 Å². The average Bonchev–Trinajstić information content (AvgIpc) is 2.34. The fraction of sp³-hybridized carbons (Fsp3) is 0. The molecule has 5 heteroatoms. The van der Waals surface area contributed by atoms with Crippen molar-refractivity contribution >= 4 is 23.2 Å². The third-order valence-electron chi connectivity index (χ3n) is 2.33. The number of aromatic hydroxyl groups is 1. The number of phenolic OH excluding ortho intramolecular Hbond substituents is 1. The third-order valence-corrected chi connectivity index (χ3v) is 2.62. The third kappa shape index (κ3) is 2.60. The smallest absolute Gasteiger partial charge is 0.259 e. The molecule has 2 aromatic rings. The fourth-order valence-corrected chi connectivity index (χ4v) is 1.62. The molecule has 0 unspecified atom stereocenters. The second kappa shape index (κ2) is 5.06. The number of para-hydroxylation sites is 1. The van der Waals surface area contributed by atoms with Crippen molar-refractivity contribution in [2.45, 2.75) is 0 Å². The van der Waals surface area contributed by atoms with Crippen LogP contribution in [0.5, 0.6) is 5.75 Å². The van der Waals surface area contributed by atoms with E-state index in [2.05, 4.69) is 5.32 Å². The second-order valence-corrected chi connectivity index (χ2v) is 4.01. The number of halogens is 2. The van der Waals surface area contributed by atoms with Crippen molar-refractivity contribution in [3.05, 3.63) is 58.9 Å². The molecular weight excluding hydrogens is 257 g/mol. The van der Waals surface area contributed by atoms with Crippen LogP contribution in [0.3, 0.4) is 0 Å². The van der Waals surface area contributed by atoms with Gasteiger partial charge in [0.2, 0.25) is 0 Å². The molecule has 92 valence electrons. The van der Waals surface area contributed by atoms with Crippen molar-refractivity contribution in [1.29, 1.82) is 0 Å². The number of hydrogen-bond donors (Lipinski definition) is 2. The van der Waals surface area contributed by atoms with E-state index in [1.807, 2.05) is 0 Å². The maximum Gasteiger partial charge on any atom is 0.259 e. The van der Waals surface area contributed by atoms with Crippen LogP contribution >= 0.6 is 11.6 Å². The fourth-order valence-electron chi connectivity index (χ4n) is 1.44. The second-order valence-electron chi connectivity index (χ2n) is 3.60. The number of carbonyl (C=O) groups excluding carboxylic acids is 1. The molecule has 0 atom stereocenters. The first-order valence-electron chi connectivity index (χ1n) is 5.12. The molecule has 0 aliphatic carbocycles. The molecule has 3 nitrogen and oxygen atoms in total. The molecule has 2 aromatic carbocycles. The summed E-state index contributed by atoms with van der Waals surface area (Å²) >= 11 is 5.60. The van der Waals surface area contributed by atoms with Crippen molar-refractivity contribution in [2.75, 3.05) is 5.32 Å². The van der Waals surface area contributed by atoms with Gasteiger partial charge >= 0.3 is 0 Å². The van der Waals surface area contributed by atoms with Crippen molar-refractivity contribution in [3.8, 4) is 5.75 Å². The molecule has 18 heavy (non-hydrogen) atoms. The van der Waals surface area contributed by atoms with Crippen molar-refractivity contribution in [2.24, 2.45) is 0 Å². The van der Waals surface area contributed by atoms with Crippen LogP contribution in [-0.4, -0.2) is 11.0 Å². The highest BCUT2D eigenvalue weighted by Gasteiger charge is 2.11. The van der Waals surface area contributed by atoms with Gasteiger partial charge in [-0.1, -0.05) is 23.7 Å². The zero-order valence-corrected chi connectivity index (χ0v) is 9.91. The van der Waals surface area contributed by atoms with E-state index in [9.17, 15) is 14.3 Å². The molecule has 0 radical (unpaired) electrons. The summed E-state index contributed by atoms with van der Waals surface area (Å²) in [5.41, 5.74) is 0.493. The van der Waals surface area contributed by atoms with E-state index in [1.54, 1.807) is 12.1 Å². The molecule has 0 heterocycles. The largest absolute Gasteiger partial charge is 0.507 e. The highest BCUT2D eigenvalue weighted by atomic mass is 35.5. The van der Waals surface area contributed by atoms with E-state index in [1.165, 1.54) is 24.3 Å². The lowest BCUT2D eigenvalue weighted by Gasteiger charge is -2.07. The molecule has 0 saturated carbocycles. The Bertz CT molecular complexity index is 601. The Balaban J connectivity index is 2.22. The molecule has 0 aliphatic rings. The molecule has 0 aliphatic heterocycles. The van der Waals surface area contributed by atoms with Crippen LogP contribution in [0.4, 0.5) is 10.1 Å². The van der Waals surface area contributed by atoms with Gasteiger partial charge in [-0.15, -0.1) is 0 Å². The van der Waals surface area contributed by atoms with Gasteiger partial charge in [-0.2, -0.15) is 0 Å². The minimum atomic E-state index is -0.558. The summed E-state index contributed by atoms with van der Waals surface area (Å²) in [6.07, 6.45) is 0. The van der Waals surface area contributed by atoms with Crippen molar-refractivity contribution in [1.82, 2.24) is 0 Å². The molecule has 0 saturated heterocycles. The van der Waals surface area contributed by atoms with E-state index >= 15 is 0 Å². The van der Waals surface area contributed by atoms with Gasteiger partial charge in [-0.25, -0.2) is 4.39 Å². The van der Waals surface area contributed by atoms with Gasteiger partial charge in [0.05, 0.1) is 10.6 Å². The van der Waals surface area contributed by atoms with Crippen molar-refractivity contribution in [3.63, 3.8) is 0 Å². The Labute approximate surface area is 108 Å². The van der Waals surface area contributed by atoms with Crippen LogP contribution < -0.4 is 5.32 Å². The zero-order valence-electron chi connectivity index (χ0n) is 9.15. The SMILES string of the molecule is O=C(Nc1ccc(F)c(Cl)c1)c1ccccc1O. The quantitative estimate of drug-likeness (QED) is 0.874. The van der Waals surface area contributed by atoms with Gasteiger partial charge in [0, 0.05) is 5.69 Å². The molecule has 0 fully saturated rings. The van der Waals surface area contributed by atoms with E-state index in [0.717, 1.165) is 6.07 Å². The molecule has 0 bridgehead atoms. The van der Waals surface area contributed by atoms with Gasteiger partial charge in [0.1, 0.15) is 11.6 Å². The first-order chi connectivity index (χ1) is 8.58. The highest BCUT2D eigenvalue weighted by Crippen LogP contribution is 2.21. The molecule has 0 spiro atoms. The molecule has 2 N–H and O–H groups in total. The predicted molar refractivity (Wildman–Crippen MR) is 67.5 cm³/mol. The lowest BCUT2D eigenvalue weighted by atomic mass is 10.2. The van der Waals surface area contributed by atoms with E-state index in [-0.39, 0.29) is 16.3 Å². The maximum absolute atomic E-state index is 12.9. The standard InChI is InChI=1S/C13H9ClFNO2/c14-10-7-8(5-6-11(10)15)16-13(18)9-3-1-2-4-12(9)17/h1-7,17H,(H,16,18). The predicted octanol–water partition coefficient (Wildman–Crippen LogP) is 3.44. The van der Waals surface area contributed by atoms with Gasteiger partial charge in [-0.05, 0) is 30.3 Å². The van der Waals surface area contributed by atoms with Crippen LogP contribution in [0, 0.1) is 5.82 Å². The summed E-state index contributed by atoms with van der Waals surface area (Å²) in [7, 11) is 0. The molecule has 0 aromatic heterocycles. The minimum absolute atomic E-state index is 0.0786. The number of carbonyl (C=O) groups is 1. The van der Waals surface area contributed by atoms with Gasteiger partial charge in [0.25, 0.3) is 5.91 Å². The number of benzene rings is 2. The number of amides is 1. The lowest BCUT2D eigenvalue weighted by molar-refractivity contribution is 0.102.